The number of aromatic nitrogens is 2. The lowest BCUT2D eigenvalue weighted by molar-refractivity contribution is -0.139. The number of ether oxygens (including phenoxy) is 1. The Labute approximate surface area is 192 Å². The zero-order chi connectivity index (χ0) is 23.2. The maximum absolute atomic E-state index is 13.1. The number of amides is 1. The number of benzene rings is 2. The first-order valence-electron chi connectivity index (χ1n) is 10.7. The molecule has 0 radical (unpaired) electrons. The highest BCUT2D eigenvalue weighted by atomic mass is 16.5. The fraction of sp³-hybridized carbons (Fsp3) is 0.192. The molecule has 2 aromatic carbocycles. The summed E-state index contributed by atoms with van der Waals surface area (Å²) < 4.78 is 7.41. The number of carbonyl (C=O) groups excluding carboxylic acids is 2. The van der Waals surface area contributed by atoms with Gasteiger partial charge in [-0.25, -0.2) is 4.98 Å². The van der Waals surface area contributed by atoms with Crippen LogP contribution in [0.3, 0.4) is 0 Å². The number of ketones is 1. The first-order valence-corrected chi connectivity index (χ1v) is 10.7. The fourth-order valence-electron chi connectivity index (χ4n) is 3.95. The molecule has 1 amide bonds. The van der Waals surface area contributed by atoms with Crippen molar-refractivity contribution in [3.63, 3.8) is 0 Å². The van der Waals surface area contributed by atoms with Gasteiger partial charge in [0.05, 0.1) is 17.9 Å². The molecule has 33 heavy (non-hydrogen) atoms. The van der Waals surface area contributed by atoms with E-state index >= 15 is 0 Å². The molecule has 1 unspecified atom stereocenters. The zero-order valence-electron chi connectivity index (χ0n) is 18.1. The summed E-state index contributed by atoms with van der Waals surface area (Å²) in [5.41, 5.74) is 1.30. The number of hydrogen-bond acceptors (Lipinski definition) is 5. The molecular formula is C26H25N3O4. The van der Waals surface area contributed by atoms with Crippen LogP contribution in [0, 0.1) is 0 Å². The van der Waals surface area contributed by atoms with Gasteiger partial charge in [0, 0.05) is 31.0 Å². The third kappa shape index (κ3) is 4.72. The van der Waals surface area contributed by atoms with Gasteiger partial charge in [0.15, 0.2) is 0 Å². The van der Waals surface area contributed by atoms with E-state index in [2.05, 4.69) is 11.6 Å². The van der Waals surface area contributed by atoms with Crippen molar-refractivity contribution in [1.82, 2.24) is 14.5 Å². The molecule has 1 atom stereocenters. The second-order valence-corrected chi connectivity index (χ2v) is 7.68. The van der Waals surface area contributed by atoms with Gasteiger partial charge in [-0.15, -0.1) is 0 Å². The Hall–Kier alpha value is -4.13. The predicted octanol–water partition coefficient (Wildman–Crippen LogP) is 3.96. The molecule has 1 aromatic heterocycles. The van der Waals surface area contributed by atoms with Crippen molar-refractivity contribution < 1.29 is 19.4 Å². The first kappa shape index (κ1) is 22.1. The van der Waals surface area contributed by atoms with Crippen LogP contribution in [0.15, 0.2) is 91.5 Å². The molecule has 0 spiro atoms. The van der Waals surface area contributed by atoms with Crippen LogP contribution >= 0.6 is 0 Å². The number of likely N-dealkylation sites (tertiary alicyclic amines) is 1. The van der Waals surface area contributed by atoms with Crippen LogP contribution in [0.1, 0.15) is 23.6 Å². The topological polar surface area (TPSA) is 84.7 Å². The Morgan fingerprint density at radius 3 is 2.52 bits per heavy atom. The normalized spacial score (nSPS) is 17.3. The molecule has 4 rings (SSSR count). The second-order valence-electron chi connectivity index (χ2n) is 7.68. The number of imidazole rings is 1. The van der Waals surface area contributed by atoms with Crippen LogP contribution in [0.25, 0.3) is 5.76 Å². The van der Waals surface area contributed by atoms with Crippen LogP contribution in [-0.2, 0) is 16.1 Å². The molecule has 0 bridgehead atoms. The Morgan fingerprint density at radius 2 is 1.85 bits per heavy atom. The molecule has 1 N–H and O–H groups in total. The van der Waals surface area contributed by atoms with E-state index in [0.29, 0.717) is 37.4 Å². The van der Waals surface area contributed by atoms with Crippen molar-refractivity contribution >= 4 is 17.4 Å². The Balaban J connectivity index is 1.66. The Morgan fingerprint density at radius 1 is 1.09 bits per heavy atom. The van der Waals surface area contributed by atoms with E-state index in [-0.39, 0.29) is 11.3 Å². The second kappa shape index (κ2) is 9.99. The highest BCUT2D eigenvalue weighted by molar-refractivity contribution is 6.46. The van der Waals surface area contributed by atoms with Crippen molar-refractivity contribution in [3.8, 4) is 5.75 Å². The van der Waals surface area contributed by atoms with E-state index in [1.807, 2.05) is 41.1 Å². The average Bonchev–Trinajstić information content (AvgIpc) is 3.45. The van der Waals surface area contributed by atoms with E-state index in [0.717, 1.165) is 5.56 Å². The third-order valence-electron chi connectivity index (χ3n) is 5.53. The molecule has 2 heterocycles. The molecule has 3 aromatic rings. The maximum Gasteiger partial charge on any atom is 0.295 e. The van der Waals surface area contributed by atoms with Crippen molar-refractivity contribution in [1.29, 1.82) is 0 Å². The van der Waals surface area contributed by atoms with Crippen LogP contribution in [0.4, 0.5) is 0 Å². The van der Waals surface area contributed by atoms with Gasteiger partial charge >= 0.3 is 0 Å². The molecule has 7 heteroatoms. The van der Waals surface area contributed by atoms with Crippen LogP contribution in [0.5, 0.6) is 5.75 Å². The van der Waals surface area contributed by atoms with Crippen molar-refractivity contribution in [2.24, 2.45) is 0 Å². The third-order valence-corrected chi connectivity index (χ3v) is 5.53. The van der Waals surface area contributed by atoms with Gasteiger partial charge < -0.3 is 19.3 Å². The quantitative estimate of drug-likeness (QED) is 0.234. The minimum Gasteiger partial charge on any atom is -0.507 e. The van der Waals surface area contributed by atoms with E-state index in [1.54, 1.807) is 47.8 Å². The van der Waals surface area contributed by atoms with Crippen LogP contribution in [0.2, 0.25) is 0 Å². The summed E-state index contributed by atoms with van der Waals surface area (Å²) in [5.74, 6) is -0.876. The lowest BCUT2D eigenvalue weighted by Crippen LogP contribution is -2.31. The molecular weight excluding hydrogens is 418 g/mol. The van der Waals surface area contributed by atoms with Gasteiger partial charge in [-0.3, -0.25) is 9.59 Å². The maximum atomic E-state index is 13.1. The van der Waals surface area contributed by atoms with Gasteiger partial charge in [-0.2, -0.15) is 0 Å². The van der Waals surface area contributed by atoms with Gasteiger partial charge in [0.25, 0.3) is 11.7 Å². The SMILES string of the molecule is C=CCOc1ccc(/C(O)=C2\C(=O)C(=O)N(CCCn3ccnc3)C2c2ccccc2)cc1. The molecule has 1 fully saturated rings. The summed E-state index contributed by atoms with van der Waals surface area (Å²) >= 11 is 0. The molecule has 0 aliphatic carbocycles. The standard InChI is InChI=1S/C26H25N3O4/c1-2-17-33-21-11-9-20(10-12-21)24(30)22-23(19-7-4-3-5-8-19)29(26(32)25(22)31)15-6-14-28-16-13-27-18-28/h2-5,7-13,16,18,23,30H,1,6,14-15,17H2/b24-22+. The molecule has 0 saturated carbocycles. The van der Waals surface area contributed by atoms with E-state index in [1.165, 1.54) is 0 Å². The highest BCUT2D eigenvalue weighted by Crippen LogP contribution is 2.39. The number of aryl methyl sites for hydroxylation is 1. The van der Waals surface area contributed by atoms with E-state index < -0.39 is 17.7 Å². The monoisotopic (exact) mass is 443 g/mol. The fourth-order valence-corrected chi connectivity index (χ4v) is 3.95. The highest BCUT2D eigenvalue weighted by Gasteiger charge is 2.45. The minimum atomic E-state index is -0.684. The van der Waals surface area contributed by atoms with Gasteiger partial charge in [0.1, 0.15) is 18.1 Å². The van der Waals surface area contributed by atoms with Crippen LogP contribution in [-0.4, -0.2) is 44.4 Å². The van der Waals surface area contributed by atoms with E-state index in [4.69, 9.17) is 4.74 Å². The number of aliphatic hydroxyl groups excluding tert-OH is 1. The molecule has 1 saturated heterocycles. The average molecular weight is 444 g/mol. The number of hydrogen-bond donors (Lipinski definition) is 1. The lowest BCUT2D eigenvalue weighted by atomic mass is 9.95. The summed E-state index contributed by atoms with van der Waals surface area (Å²) in [7, 11) is 0. The van der Waals surface area contributed by atoms with E-state index in [9.17, 15) is 14.7 Å². The van der Waals surface area contributed by atoms with Crippen molar-refractivity contribution in [3.05, 3.63) is 103 Å². The summed E-state index contributed by atoms with van der Waals surface area (Å²) in [6.07, 6.45) is 7.55. The van der Waals surface area contributed by atoms with Crippen molar-refractivity contribution in [2.75, 3.05) is 13.2 Å². The Bertz CT molecular complexity index is 1150. The molecule has 168 valence electrons. The number of carbonyl (C=O) groups is 2. The minimum absolute atomic E-state index is 0.0913. The Kier molecular flexibility index (Phi) is 6.69. The number of aliphatic hydroxyl groups is 1. The smallest absolute Gasteiger partial charge is 0.295 e. The van der Waals surface area contributed by atoms with Crippen LogP contribution < -0.4 is 4.74 Å². The lowest BCUT2D eigenvalue weighted by Gasteiger charge is -2.25. The summed E-state index contributed by atoms with van der Waals surface area (Å²) in [4.78, 5) is 31.6. The summed E-state index contributed by atoms with van der Waals surface area (Å²) in [6, 6.07) is 15.4. The zero-order valence-corrected chi connectivity index (χ0v) is 18.1. The molecule has 7 nitrogen and oxygen atoms in total. The summed E-state index contributed by atoms with van der Waals surface area (Å²) in [5, 5.41) is 11.1. The first-order chi connectivity index (χ1) is 16.1. The molecule has 1 aliphatic rings. The predicted molar refractivity (Wildman–Crippen MR) is 124 cm³/mol. The number of Topliss-reactive ketones (excluding diaryl/α,β-unsaturated/α-hetero) is 1. The largest absolute Gasteiger partial charge is 0.507 e. The van der Waals surface area contributed by atoms with Gasteiger partial charge in [-0.05, 0) is 36.2 Å². The van der Waals surface area contributed by atoms with Crippen molar-refractivity contribution in [2.45, 2.75) is 19.0 Å². The molecule has 1 aliphatic heterocycles. The number of rotatable bonds is 9. The summed E-state index contributed by atoms with van der Waals surface area (Å²) in [6.45, 7) is 5.01. The number of nitrogens with zero attached hydrogens (tertiary/aromatic N) is 3. The van der Waals surface area contributed by atoms with Gasteiger partial charge in [0.2, 0.25) is 0 Å². The van der Waals surface area contributed by atoms with Gasteiger partial charge in [-0.1, -0.05) is 43.0 Å².